The Labute approximate surface area is 102 Å². The predicted molar refractivity (Wildman–Crippen MR) is 70.0 cm³/mol. The molecule has 1 aromatic rings. The highest BCUT2D eigenvalue weighted by Gasteiger charge is 2.20. The Kier molecular flexibility index (Phi) is 3.56. The van der Waals surface area contributed by atoms with Crippen molar-refractivity contribution in [2.24, 2.45) is 0 Å². The molecule has 0 radical (unpaired) electrons. The Balaban J connectivity index is 1.96. The van der Waals surface area contributed by atoms with E-state index in [0.29, 0.717) is 16.8 Å². The molecule has 1 aliphatic heterocycles. The van der Waals surface area contributed by atoms with Gasteiger partial charge in [0, 0.05) is 12.6 Å². The van der Waals surface area contributed by atoms with Gasteiger partial charge in [-0.25, -0.2) is 0 Å². The van der Waals surface area contributed by atoms with Crippen LogP contribution in [-0.2, 0) is 0 Å². The smallest absolute Gasteiger partial charge is 0.0739 e. The lowest BCUT2D eigenvalue weighted by atomic mass is 10.2. The SMILES string of the molecule is CN1CCCC1CNc1cccc(Cl)c1N. The van der Waals surface area contributed by atoms with Crippen LogP contribution in [-0.4, -0.2) is 31.1 Å². The van der Waals surface area contributed by atoms with Gasteiger partial charge in [0.05, 0.1) is 16.4 Å². The van der Waals surface area contributed by atoms with E-state index in [1.165, 1.54) is 19.4 Å². The third kappa shape index (κ3) is 2.42. The Hall–Kier alpha value is -0.930. The minimum absolute atomic E-state index is 0.610. The molecule has 0 amide bonds. The minimum Gasteiger partial charge on any atom is -0.396 e. The van der Waals surface area contributed by atoms with Crippen molar-refractivity contribution >= 4 is 23.0 Å². The zero-order valence-corrected chi connectivity index (χ0v) is 10.3. The molecule has 4 heteroatoms. The lowest BCUT2D eigenvalue weighted by Crippen LogP contribution is -2.31. The molecule has 3 N–H and O–H groups in total. The number of likely N-dealkylation sites (tertiary alicyclic amines) is 1. The fourth-order valence-electron chi connectivity index (χ4n) is 2.16. The molecule has 0 aliphatic carbocycles. The number of rotatable bonds is 3. The van der Waals surface area contributed by atoms with Gasteiger partial charge in [-0.05, 0) is 38.6 Å². The highest BCUT2D eigenvalue weighted by Crippen LogP contribution is 2.27. The molecule has 0 bridgehead atoms. The second-order valence-electron chi connectivity index (χ2n) is 4.36. The highest BCUT2D eigenvalue weighted by molar-refractivity contribution is 6.33. The summed E-state index contributed by atoms with van der Waals surface area (Å²) in [5, 5.41) is 3.99. The average Bonchev–Trinajstić information content (AvgIpc) is 2.67. The van der Waals surface area contributed by atoms with Gasteiger partial charge in [0.15, 0.2) is 0 Å². The number of anilines is 2. The van der Waals surface area contributed by atoms with Gasteiger partial charge in [0.1, 0.15) is 0 Å². The van der Waals surface area contributed by atoms with Gasteiger partial charge in [-0.1, -0.05) is 17.7 Å². The summed E-state index contributed by atoms with van der Waals surface area (Å²) in [7, 11) is 2.17. The fraction of sp³-hybridized carbons (Fsp3) is 0.500. The van der Waals surface area contributed by atoms with Crippen molar-refractivity contribution in [2.75, 3.05) is 31.2 Å². The molecule has 0 aromatic heterocycles. The first-order valence-corrected chi connectivity index (χ1v) is 6.04. The second-order valence-corrected chi connectivity index (χ2v) is 4.77. The molecule has 0 saturated carbocycles. The number of hydrogen-bond acceptors (Lipinski definition) is 3. The van der Waals surface area contributed by atoms with Gasteiger partial charge in [-0.15, -0.1) is 0 Å². The van der Waals surface area contributed by atoms with Crippen LogP contribution in [0.5, 0.6) is 0 Å². The van der Waals surface area contributed by atoms with Crippen LogP contribution in [0.1, 0.15) is 12.8 Å². The van der Waals surface area contributed by atoms with Crippen molar-refractivity contribution in [1.82, 2.24) is 4.90 Å². The summed E-state index contributed by atoms with van der Waals surface area (Å²) in [6, 6.07) is 6.30. The Bertz CT molecular complexity index is 367. The van der Waals surface area contributed by atoms with Gasteiger partial charge in [-0.2, -0.15) is 0 Å². The lowest BCUT2D eigenvalue weighted by Gasteiger charge is -2.21. The van der Waals surface area contributed by atoms with E-state index in [4.69, 9.17) is 17.3 Å². The first-order valence-electron chi connectivity index (χ1n) is 5.66. The van der Waals surface area contributed by atoms with Gasteiger partial charge in [0.2, 0.25) is 0 Å². The number of hydrogen-bond donors (Lipinski definition) is 2. The average molecular weight is 240 g/mol. The van der Waals surface area contributed by atoms with Crippen molar-refractivity contribution in [2.45, 2.75) is 18.9 Å². The molecule has 3 nitrogen and oxygen atoms in total. The quantitative estimate of drug-likeness (QED) is 0.797. The molecule has 2 rings (SSSR count). The molecule has 1 unspecified atom stereocenters. The summed E-state index contributed by atoms with van der Waals surface area (Å²) in [6.07, 6.45) is 2.54. The van der Waals surface area contributed by atoms with Crippen LogP contribution in [0.25, 0.3) is 0 Å². The van der Waals surface area contributed by atoms with Gasteiger partial charge < -0.3 is 16.0 Å². The summed E-state index contributed by atoms with van der Waals surface area (Å²) in [6.45, 7) is 2.12. The van der Waals surface area contributed by atoms with Crippen molar-refractivity contribution in [1.29, 1.82) is 0 Å². The molecule has 0 spiro atoms. The zero-order valence-electron chi connectivity index (χ0n) is 9.54. The van der Waals surface area contributed by atoms with Gasteiger partial charge >= 0.3 is 0 Å². The predicted octanol–water partition coefficient (Wildman–Crippen LogP) is 2.43. The van der Waals surface area contributed by atoms with Crippen LogP contribution < -0.4 is 11.1 Å². The van der Waals surface area contributed by atoms with Crippen LogP contribution in [0, 0.1) is 0 Å². The van der Waals surface area contributed by atoms with Crippen molar-refractivity contribution in [3.8, 4) is 0 Å². The van der Waals surface area contributed by atoms with E-state index in [2.05, 4.69) is 17.3 Å². The fourth-order valence-corrected chi connectivity index (χ4v) is 2.33. The molecule has 1 aliphatic rings. The molecule has 1 heterocycles. The number of halogens is 1. The number of nitrogen functional groups attached to an aromatic ring is 1. The molecule has 1 fully saturated rings. The van der Waals surface area contributed by atoms with Crippen molar-refractivity contribution in [3.63, 3.8) is 0 Å². The van der Waals surface area contributed by atoms with Crippen LogP contribution in [0.4, 0.5) is 11.4 Å². The highest BCUT2D eigenvalue weighted by atomic mass is 35.5. The summed E-state index contributed by atoms with van der Waals surface area (Å²) in [5.41, 5.74) is 7.48. The molecule has 1 aromatic carbocycles. The summed E-state index contributed by atoms with van der Waals surface area (Å²) < 4.78 is 0. The van der Waals surface area contributed by atoms with Gasteiger partial charge in [0.25, 0.3) is 0 Å². The third-order valence-electron chi connectivity index (χ3n) is 3.25. The van der Waals surface area contributed by atoms with E-state index in [0.717, 1.165) is 12.2 Å². The Morgan fingerprint density at radius 2 is 2.38 bits per heavy atom. The number of benzene rings is 1. The maximum atomic E-state index is 5.96. The number of nitrogens with two attached hydrogens (primary N) is 1. The van der Waals surface area contributed by atoms with E-state index in [9.17, 15) is 0 Å². The van der Waals surface area contributed by atoms with E-state index < -0.39 is 0 Å². The summed E-state index contributed by atoms with van der Waals surface area (Å²) in [5.74, 6) is 0. The number of nitrogens with one attached hydrogen (secondary N) is 1. The van der Waals surface area contributed by atoms with E-state index in [-0.39, 0.29) is 0 Å². The molecular weight excluding hydrogens is 222 g/mol. The Morgan fingerprint density at radius 3 is 3.06 bits per heavy atom. The first-order chi connectivity index (χ1) is 7.68. The van der Waals surface area contributed by atoms with Crippen LogP contribution in [0.2, 0.25) is 5.02 Å². The molecule has 16 heavy (non-hydrogen) atoms. The number of nitrogens with zero attached hydrogens (tertiary/aromatic N) is 1. The molecular formula is C12H18ClN3. The lowest BCUT2D eigenvalue weighted by molar-refractivity contribution is 0.322. The minimum atomic E-state index is 0.610. The first kappa shape index (κ1) is 11.6. The van der Waals surface area contributed by atoms with Crippen LogP contribution >= 0.6 is 11.6 Å². The van der Waals surface area contributed by atoms with Gasteiger partial charge in [-0.3, -0.25) is 0 Å². The normalized spacial score (nSPS) is 21.2. The largest absolute Gasteiger partial charge is 0.396 e. The van der Waals surface area contributed by atoms with Crippen molar-refractivity contribution < 1.29 is 0 Å². The van der Waals surface area contributed by atoms with E-state index >= 15 is 0 Å². The van der Waals surface area contributed by atoms with E-state index in [1.54, 1.807) is 0 Å². The topological polar surface area (TPSA) is 41.3 Å². The molecule has 1 saturated heterocycles. The van der Waals surface area contributed by atoms with Crippen LogP contribution in [0.3, 0.4) is 0 Å². The van der Waals surface area contributed by atoms with Crippen LogP contribution in [0.15, 0.2) is 18.2 Å². The van der Waals surface area contributed by atoms with E-state index in [1.807, 2.05) is 18.2 Å². The zero-order chi connectivity index (χ0) is 11.5. The van der Waals surface area contributed by atoms with Crippen molar-refractivity contribution in [3.05, 3.63) is 23.2 Å². The standard InChI is InChI=1S/C12H18ClN3/c1-16-7-3-4-9(16)8-15-11-6-2-5-10(13)12(11)14/h2,5-6,9,15H,3-4,7-8,14H2,1H3. The maximum Gasteiger partial charge on any atom is 0.0739 e. The third-order valence-corrected chi connectivity index (χ3v) is 3.58. The summed E-state index contributed by atoms with van der Waals surface area (Å²) >= 11 is 5.96. The number of likely N-dealkylation sites (N-methyl/N-ethyl adjacent to an activating group) is 1. The molecule has 88 valence electrons. The second kappa shape index (κ2) is 4.93. The number of para-hydroxylation sites is 1. The monoisotopic (exact) mass is 239 g/mol. The summed E-state index contributed by atoms with van der Waals surface area (Å²) in [4.78, 5) is 2.38. The Morgan fingerprint density at radius 1 is 1.56 bits per heavy atom. The molecule has 1 atom stereocenters. The maximum absolute atomic E-state index is 5.96.